The average Bonchev–Trinajstić information content (AvgIpc) is 2.43. The normalized spacial score (nSPS) is 23.3. The zero-order valence-electron chi connectivity index (χ0n) is 11.1. The van der Waals surface area contributed by atoms with Crippen molar-refractivity contribution in [2.24, 2.45) is 11.8 Å². The van der Waals surface area contributed by atoms with Gasteiger partial charge < -0.3 is 5.73 Å². The van der Waals surface area contributed by atoms with Crippen LogP contribution in [-0.4, -0.2) is 5.78 Å². The lowest BCUT2D eigenvalue weighted by Gasteiger charge is -2.27. The number of nitrogens with two attached hydrogens (primary N) is 1. The van der Waals surface area contributed by atoms with Gasteiger partial charge in [0.15, 0.2) is 5.78 Å². The second-order valence-corrected chi connectivity index (χ2v) is 6.17. The van der Waals surface area contributed by atoms with E-state index in [1.165, 1.54) is 6.42 Å². The van der Waals surface area contributed by atoms with Crippen molar-refractivity contribution in [2.45, 2.75) is 39.0 Å². The second kappa shape index (κ2) is 6.15. The molecule has 2 atom stereocenters. The topological polar surface area (TPSA) is 43.1 Å². The van der Waals surface area contributed by atoms with Gasteiger partial charge in [0.2, 0.25) is 0 Å². The van der Waals surface area contributed by atoms with Crippen LogP contribution in [0.5, 0.6) is 0 Å². The molecular formula is C15H19Cl2NO. The summed E-state index contributed by atoms with van der Waals surface area (Å²) in [4.78, 5) is 12.5. The minimum absolute atomic E-state index is 0.106. The molecule has 0 spiro atoms. The minimum atomic E-state index is 0.106. The summed E-state index contributed by atoms with van der Waals surface area (Å²) in [5, 5.41) is 0.720. The Labute approximate surface area is 124 Å². The van der Waals surface area contributed by atoms with Crippen LogP contribution >= 0.6 is 23.2 Å². The van der Waals surface area contributed by atoms with Gasteiger partial charge in [-0.15, -0.1) is 0 Å². The smallest absolute Gasteiger partial charge is 0.166 e. The molecule has 2 nitrogen and oxygen atoms in total. The fourth-order valence-electron chi connectivity index (χ4n) is 2.86. The summed E-state index contributed by atoms with van der Waals surface area (Å²) in [7, 11) is 0. The van der Waals surface area contributed by atoms with Gasteiger partial charge in [-0.25, -0.2) is 0 Å². The third-order valence-electron chi connectivity index (χ3n) is 4.09. The molecular weight excluding hydrogens is 281 g/mol. The molecule has 1 aromatic carbocycles. The van der Waals surface area contributed by atoms with E-state index in [1.54, 1.807) is 12.1 Å². The summed E-state index contributed by atoms with van der Waals surface area (Å²) in [5.41, 5.74) is 6.63. The van der Waals surface area contributed by atoms with E-state index in [0.717, 1.165) is 25.7 Å². The lowest BCUT2D eigenvalue weighted by molar-refractivity contribution is 0.0862. The van der Waals surface area contributed by atoms with Crippen molar-refractivity contribution >= 4 is 34.7 Å². The van der Waals surface area contributed by atoms with Crippen molar-refractivity contribution in [1.29, 1.82) is 0 Å². The van der Waals surface area contributed by atoms with Crippen LogP contribution in [0, 0.1) is 11.8 Å². The number of nitrogen functional groups attached to an aromatic ring is 1. The van der Waals surface area contributed by atoms with E-state index < -0.39 is 0 Å². The summed E-state index contributed by atoms with van der Waals surface area (Å²) in [6.45, 7) is 2.19. The first-order chi connectivity index (χ1) is 9.02. The van der Waals surface area contributed by atoms with E-state index in [2.05, 4.69) is 6.92 Å². The summed E-state index contributed by atoms with van der Waals surface area (Å²) in [6.07, 6.45) is 5.46. The van der Waals surface area contributed by atoms with Crippen LogP contribution in [0.4, 0.5) is 5.69 Å². The molecule has 2 rings (SSSR count). The largest absolute Gasteiger partial charge is 0.396 e. The zero-order chi connectivity index (χ0) is 14.0. The van der Waals surface area contributed by atoms with Crippen molar-refractivity contribution in [3.05, 3.63) is 27.7 Å². The highest BCUT2D eigenvalue weighted by Crippen LogP contribution is 2.35. The van der Waals surface area contributed by atoms with Crippen LogP contribution in [0.3, 0.4) is 0 Å². The summed E-state index contributed by atoms with van der Waals surface area (Å²) >= 11 is 12.0. The molecule has 1 saturated carbocycles. The Morgan fingerprint density at radius 1 is 1.32 bits per heavy atom. The second-order valence-electron chi connectivity index (χ2n) is 5.36. The average molecular weight is 300 g/mol. The van der Waals surface area contributed by atoms with Crippen molar-refractivity contribution < 1.29 is 4.79 Å². The Hall–Kier alpha value is -0.730. The maximum absolute atomic E-state index is 12.5. The molecule has 0 bridgehead atoms. The number of anilines is 1. The number of benzene rings is 1. The Morgan fingerprint density at radius 2 is 1.95 bits per heavy atom. The molecule has 0 heterocycles. The van der Waals surface area contributed by atoms with Gasteiger partial charge in [0, 0.05) is 11.5 Å². The minimum Gasteiger partial charge on any atom is -0.396 e. The Balaban J connectivity index is 2.19. The molecule has 4 heteroatoms. The number of ketones is 1. The number of hydrogen-bond acceptors (Lipinski definition) is 2. The Morgan fingerprint density at radius 3 is 2.53 bits per heavy atom. The van der Waals surface area contributed by atoms with Gasteiger partial charge in [0.1, 0.15) is 0 Å². The van der Waals surface area contributed by atoms with Gasteiger partial charge in [-0.2, -0.15) is 0 Å². The van der Waals surface area contributed by atoms with Crippen LogP contribution < -0.4 is 5.73 Å². The number of rotatable bonds is 3. The number of halogens is 2. The standard InChI is InChI=1S/C15H19Cl2NO/c1-2-9-4-3-5-10(6-9)15(19)11-7-12(16)14(18)13(17)8-11/h7-10H,2-6,18H2,1H3. The van der Waals surface area contributed by atoms with Crippen LogP contribution in [0.1, 0.15) is 49.4 Å². The Bertz CT molecular complexity index is 464. The van der Waals surface area contributed by atoms with Crippen molar-refractivity contribution in [1.82, 2.24) is 0 Å². The molecule has 0 aromatic heterocycles. The monoisotopic (exact) mass is 299 g/mol. The van der Waals surface area contributed by atoms with E-state index in [0.29, 0.717) is 27.2 Å². The molecule has 19 heavy (non-hydrogen) atoms. The highest BCUT2D eigenvalue weighted by Gasteiger charge is 2.27. The lowest BCUT2D eigenvalue weighted by Crippen LogP contribution is -2.23. The third kappa shape index (κ3) is 3.24. The molecule has 0 saturated heterocycles. The van der Waals surface area contributed by atoms with E-state index >= 15 is 0 Å². The van der Waals surface area contributed by atoms with Gasteiger partial charge in [-0.05, 0) is 30.9 Å². The van der Waals surface area contributed by atoms with E-state index in [4.69, 9.17) is 28.9 Å². The molecule has 0 aliphatic heterocycles. The number of carbonyl (C=O) groups is 1. The van der Waals surface area contributed by atoms with Crippen molar-refractivity contribution in [3.8, 4) is 0 Å². The fraction of sp³-hybridized carbons (Fsp3) is 0.533. The number of carbonyl (C=O) groups excluding carboxylic acids is 1. The summed E-state index contributed by atoms with van der Waals surface area (Å²) in [6, 6.07) is 3.28. The molecule has 2 unspecified atom stereocenters. The van der Waals surface area contributed by atoms with Crippen LogP contribution in [-0.2, 0) is 0 Å². The summed E-state index contributed by atoms with van der Waals surface area (Å²) < 4.78 is 0. The number of Topliss-reactive ketones (excluding diaryl/α,β-unsaturated/α-hetero) is 1. The van der Waals surface area contributed by atoms with Gasteiger partial charge in [0.05, 0.1) is 15.7 Å². The molecule has 0 radical (unpaired) electrons. The van der Waals surface area contributed by atoms with Gasteiger partial charge in [0.25, 0.3) is 0 Å². The molecule has 0 amide bonds. The third-order valence-corrected chi connectivity index (χ3v) is 4.72. The van der Waals surface area contributed by atoms with Crippen molar-refractivity contribution in [3.63, 3.8) is 0 Å². The van der Waals surface area contributed by atoms with Crippen LogP contribution in [0.2, 0.25) is 10.0 Å². The van der Waals surface area contributed by atoms with Crippen LogP contribution in [0.25, 0.3) is 0 Å². The van der Waals surface area contributed by atoms with Crippen LogP contribution in [0.15, 0.2) is 12.1 Å². The van der Waals surface area contributed by atoms with Gasteiger partial charge in [-0.1, -0.05) is 49.4 Å². The predicted octanol–water partition coefficient (Wildman–Crippen LogP) is 4.97. The predicted molar refractivity (Wildman–Crippen MR) is 80.9 cm³/mol. The lowest BCUT2D eigenvalue weighted by atomic mass is 9.77. The first-order valence-electron chi connectivity index (χ1n) is 6.81. The van der Waals surface area contributed by atoms with Gasteiger partial charge in [-0.3, -0.25) is 4.79 Å². The number of hydrogen-bond donors (Lipinski definition) is 1. The maximum Gasteiger partial charge on any atom is 0.166 e. The van der Waals surface area contributed by atoms with Crippen molar-refractivity contribution in [2.75, 3.05) is 5.73 Å². The van der Waals surface area contributed by atoms with E-state index in [9.17, 15) is 4.79 Å². The maximum atomic E-state index is 12.5. The molecule has 1 aliphatic rings. The first kappa shape index (κ1) is 14.7. The quantitative estimate of drug-likeness (QED) is 0.632. The molecule has 1 fully saturated rings. The fourth-order valence-corrected chi connectivity index (χ4v) is 3.35. The zero-order valence-corrected chi connectivity index (χ0v) is 12.6. The molecule has 1 aromatic rings. The molecule has 1 aliphatic carbocycles. The van der Waals surface area contributed by atoms with E-state index in [-0.39, 0.29) is 11.7 Å². The highest BCUT2D eigenvalue weighted by atomic mass is 35.5. The first-order valence-corrected chi connectivity index (χ1v) is 7.57. The molecule has 2 N–H and O–H groups in total. The van der Waals surface area contributed by atoms with E-state index in [1.807, 2.05) is 0 Å². The SMILES string of the molecule is CCC1CCCC(C(=O)c2cc(Cl)c(N)c(Cl)c2)C1. The highest BCUT2D eigenvalue weighted by molar-refractivity contribution is 6.39. The Kier molecular flexibility index (Phi) is 4.75. The summed E-state index contributed by atoms with van der Waals surface area (Å²) in [5.74, 6) is 0.929. The van der Waals surface area contributed by atoms with Gasteiger partial charge >= 0.3 is 0 Å². The molecule has 104 valence electrons.